The molecule has 1 aromatic heterocycles. The standard InChI is InChI=1S/C11H13ClN2/c1-8-9(5-6-11(12)14-8)10-4-2-3-7-13-10/h5-6H,2-4,7H2,1H3. The summed E-state index contributed by atoms with van der Waals surface area (Å²) >= 11 is 5.80. The van der Waals surface area contributed by atoms with Crippen LogP contribution in [-0.4, -0.2) is 17.2 Å². The quantitative estimate of drug-likeness (QED) is 0.652. The Morgan fingerprint density at radius 2 is 2.14 bits per heavy atom. The summed E-state index contributed by atoms with van der Waals surface area (Å²) in [5, 5.41) is 0.558. The van der Waals surface area contributed by atoms with Gasteiger partial charge < -0.3 is 0 Å². The highest BCUT2D eigenvalue weighted by Crippen LogP contribution is 2.17. The van der Waals surface area contributed by atoms with Crippen LogP contribution in [0.2, 0.25) is 5.15 Å². The van der Waals surface area contributed by atoms with Crippen molar-refractivity contribution in [2.75, 3.05) is 6.54 Å². The van der Waals surface area contributed by atoms with Crippen LogP contribution in [0.4, 0.5) is 0 Å². The van der Waals surface area contributed by atoms with E-state index >= 15 is 0 Å². The summed E-state index contributed by atoms with van der Waals surface area (Å²) < 4.78 is 0. The van der Waals surface area contributed by atoms with E-state index in [1.54, 1.807) is 0 Å². The number of pyridine rings is 1. The Labute approximate surface area is 89.0 Å². The van der Waals surface area contributed by atoms with Gasteiger partial charge in [-0.05, 0) is 38.3 Å². The van der Waals surface area contributed by atoms with Crippen molar-refractivity contribution < 1.29 is 0 Å². The van der Waals surface area contributed by atoms with Crippen LogP contribution in [0.5, 0.6) is 0 Å². The van der Waals surface area contributed by atoms with Gasteiger partial charge in [-0.25, -0.2) is 4.98 Å². The molecule has 0 bridgehead atoms. The van der Waals surface area contributed by atoms with E-state index in [0.29, 0.717) is 5.15 Å². The first-order chi connectivity index (χ1) is 6.77. The lowest BCUT2D eigenvalue weighted by atomic mass is 10.0. The van der Waals surface area contributed by atoms with Crippen LogP contribution in [0.15, 0.2) is 17.1 Å². The third-order valence-corrected chi connectivity index (χ3v) is 2.70. The minimum Gasteiger partial charge on any atom is -0.289 e. The van der Waals surface area contributed by atoms with E-state index in [1.165, 1.54) is 18.6 Å². The molecule has 74 valence electrons. The molecule has 0 unspecified atom stereocenters. The van der Waals surface area contributed by atoms with Crippen molar-refractivity contribution in [3.8, 4) is 0 Å². The van der Waals surface area contributed by atoms with Crippen LogP contribution in [0, 0.1) is 6.92 Å². The van der Waals surface area contributed by atoms with Crippen molar-refractivity contribution in [2.24, 2.45) is 4.99 Å². The Morgan fingerprint density at radius 3 is 2.79 bits per heavy atom. The second-order valence-electron chi connectivity index (χ2n) is 3.55. The number of aromatic nitrogens is 1. The molecule has 0 spiro atoms. The first-order valence-corrected chi connectivity index (χ1v) is 5.32. The maximum atomic E-state index is 5.80. The molecular weight excluding hydrogens is 196 g/mol. The van der Waals surface area contributed by atoms with Crippen LogP contribution in [0.1, 0.15) is 30.5 Å². The summed E-state index contributed by atoms with van der Waals surface area (Å²) in [5.74, 6) is 0. The lowest BCUT2D eigenvalue weighted by Crippen LogP contribution is -2.10. The van der Waals surface area contributed by atoms with Crippen molar-refractivity contribution in [3.05, 3.63) is 28.5 Å². The molecule has 0 amide bonds. The lowest BCUT2D eigenvalue weighted by molar-refractivity contribution is 0.738. The zero-order valence-corrected chi connectivity index (χ0v) is 9.01. The number of rotatable bonds is 1. The van der Waals surface area contributed by atoms with Gasteiger partial charge in [0.2, 0.25) is 0 Å². The van der Waals surface area contributed by atoms with Gasteiger partial charge in [-0.15, -0.1) is 0 Å². The third-order valence-electron chi connectivity index (χ3n) is 2.49. The Morgan fingerprint density at radius 1 is 1.29 bits per heavy atom. The first kappa shape index (κ1) is 9.66. The van der Waals surface area contributed by atoms with E-state index in [0.717, 1.165) is 24.2 Å². The summed E-state index contributed by atoms with van der Waals surface area (Å²) in [5.41, 5.74) is 3.34. The fourth-order valence-corrected chi connectivity index (χ4v) is 1.94. The number of nitrogens with zero attached hydrogens (tertiary/aromatic N) is 2. The summed E-state index contributed by atoms with van der Waals surface area (Å²) in [4.78, 5) is 8.76. The molecule has 0 aromatic carbocycles. The molecular formula is C11H13ClN2. The van der Waals surface area contributed by atoms with Gasteiger partial charge in [0.1, 0.15) is 5.15 Å². The molecule has 0 fully saturated rings. The number of aliphatic imine (C=N–C) groups is 1. The molecule has 0 saturated heterocycles. The van der Waals surface area contributed by atoms with Crippen molar-refractivity contribution in [1.82, 2.24) is 4.98 Å². The van der Waals surface area contributed by atoms with Crippen LogP contribution in [0.3, 0.4) is 0 Å². The van der Waals surface area contributed by atoms with Crippen LogP contribution in [0.25, 0.3) is 0 Å². The predicted molar refractivity (Wildman–Crippen MR) is 59.2 cm³/mol. The van der Waals surface area contributed by atoms with Gasteiger partial charge >= 0.3 is 0 Å². The second kappa shape index (κ2) is 4.09. The number of hydrogen-bond acceptors (Lipinski definition) is 2. The minimum atomic E-state index is 0.558. The lowest BCUT2D eigenvalue weighted by Gasteiger charge is -2.13. The normalized spacial score (nSPS) is 16.6. The van der Waals surface area contributed by atoms with E-state index in [1.807, 2.05) is 19.1 Å². The van der Waals surface area contributed by atoms with Gasteiger partial charge in [0, 0.05) is 23.5 Å². The van der Waals surface area contributed by atoms with Gasteiger partial charge in [-0.3, -0.25) is 4.99 Å². The number of halogens is 1. The molecule has 0 saturated carbocycles. The maximum Gasteiger partial charge on any atom is 0.129 e. The monoisotopic (exact) mass is 208 g/mol. The molecule has 0 aliphatic carbocycles. The van der Waals surface area contributed by atoms with E-state index < -0.39 is 0 Å². The van der Waals surface area contributed by atoms with Gasteiger partial charge in [0.05, 0.1) is 0 Å². The van der Waals surface area contributed by atoms with E-state index in [-0.39, 0.29) is 0 Å². The van der Waals surface area contributed by atoms with Crippen LogP contribution in [-0.2, 0) is 0 Å². The molecule has 1 aromatic rings. The Kier molecular flexibility index (Phi) is 2.82. The van der Waals surface area contributed by atoms with Gasteiger partial charge in [-0.1, -0.05) is 11.6 Å². The van der Waals surface area contributed by atoms with Crippen molar-refractivity contribution in [3.63, 3.8) is 0 Å². The molecule has 0 radical (unpaired) electrons. The van der Waals surface area contributed by atoms with Crippen LogP contribution >= 0.6 is 11.6 Å². The van der Waals surface area contributed by atoms with Crippen LogP contribution < -0.4 is 0 Å². The van der Waals surface area contributed by atoms with E-state index in [4.69, 9.17) is 11.6 Å². The Hall–Kier alpha value is -0.890. The maximum absolute atomic E-state index is 5.80. The smallest absolute Gasteiger partial charge is 0.129 e. The topological polar surface area (TPSA) is 25.2 Å². The van der Waals surface area contributed by atoms with Crippen molar-refractivity contribution in [1.29, 1.82) is 0 Å². The summed E-state index contributed by atoms with van der Waals surface area (Å²) in [6.07, 6.45) is 3.52. The largest absolute Gasteiger partial charge is 0.289 e. The highest BCUT2D eigenvalue weighted by atomic mass is 35.5. The molecule has 0 N–H and O–H groups in total. The molecule has 1 aliphatic heterocycles. The average molecular weight is 209 g/mol. The average Bonchev–Trinajstić information content (AvgIpc) is 2.19. The fourth-order valence-electron chi connectivity index (χ4n) is 1.75. The zero-order chi connectivity index (χ0) is 9.97. The molecule has 14 heavy (non-hydrogen) atoms. The highest BCUT2D eigenvalue weighted by Gasteiger charge is 2.10. The Balaban J connectivity index is 2.35. The summed E-state index contributed by atoms with van der Waals surface area (Å²) in [7, 11) is 0. The summed E-state index contributed by atoms with van der Waals surface area (Å²) in [6, 6.07) is 3.86. The fraction of sp³-hybridized carbons (Fsp3) is 0.455. The minimum absolute atomic E-state index is 0.558. The molecule has 2 nitrogen and oxygen atoms in total. The molecule has 0 atom stereocenters. The van der Waals surface area contributed by atoms with E-state index in [2.05, 4.69) is 9.98 Å². The molecule has 2 rings (SSSR count). The highest BCUT2D eigenvalue weighted by molar-refractivity contribution is 6.29. The van der Waals surface area contributed by atoms with Crippen molar-refractivity contribution >= 4 is 17.3 Å². The predicted octanol–water partition coefficient (Wildman–Crippen LogP) is 3.02. The molecule has 2 heterocycles. The second-order valence-corrected chi connectivity index (χ2v) is 3.94. The van der Waals surface area contributed by atoms with Crippen molar-refractivity contribution in [2.45, 2.75) is 26.2 Å². The first-order valence-electron chi connectivity index (χ1n) is 4.94. The number of aryl methyl sites for hydroxylation is 1. The SMILES string of the molecule is Cc1nc(Cl)ccc1C1=NCCCC1. The van der Waals surface area contributed by atoms with Gasteiger partial charge in [0.25, 0.3) is 0 Å². The van der Waals surface area contributed by atoms with E-state index in [9.17, 15) is 0 Å². The number of hydrogen-bond donors (Lipinski definition) is 0. The third kappa shape index (κ3) is 1.95. The molecule has 3 heteroatoms. The van der Waals surface area contributed by atoms with Gasteiger partial charge in [-0.2, -0.15) is 0 Å². The summed E-state index contributed by atoms with van der Waals surface area (Å²) in [6.45, 7) is 2.94. The van der Waals surface area contributed by atoms with Gasteiger partial charge in [0.15, 0.2) is 0 Å². The molecule has 1 aliphatic rings. The Bertz CT molecular complexity index is 372. The zero-order valence-electron chi connectivity index (χ0n) is 8.26.